The normalized spacial score (nSPS) is 18.6. The van der Waals surface area contributed by atoms with Gasteiger partial charge >= 0.3 is 21.1 Å². The van der Waals surface area contributed by atoms with E-state index in [0.717, 1.165) is 18.5 Å². The van der Waals surface area contributed by atoms with Crippen LogP contribution in [0.25, 0.3) is 0 Å². The van der Waals surface area contributed by atoms with Gasteiger partial charge in [0.1, 0.15) is 0 Å². The fourth-order valence-corrected chi connectivity index (χ4v) is 1.14. The van der Waals surface area contributed by atoms with Gasteiger partial charge in [-0.25, -0.2) is 0 Å². The van der Waals surface area contributed by atoms with Crippen molar-refractivity contribution in [1.82, 2.24) is 0 Å². The molecule has 0 radical (unpaired) electrons. The molecule has 0 bridgehead atoms. The number of rotatable bonds is 1. The van der Waals surface area contributed by atoms with Gasteiger partial charge in [0, 0.05) is 0 Å². The molecule has 0 aliphatic heterocycles. The average molecular weight is 319 g/mol. The summed E-state index contributed by atoms with van der Waals surface area (Å²) < 4.78 is 0. The molecule has 0 aromatic rings. The topological polar surface area (TPSA) is 26.0 Å². The minimum Gasteiger partial charge on any atom is -0.509 e. The molecule has 0 atom stereocenters. The van der Waals surface area contributed by atoms with Gasteiger partial charge < -0.3 is 23.5 Å². The molecule has 2 heteroatoms. The first-order valence-electron chi connectivity index (χ1n) is 3.75. The summed E-state index contributed by atoms with van der Waals surface area (Å²) in [5.74, 6) is 0. The van der Waals surface area contributed by atoms with Crippen molar-refractivity contribution in [3.8, 4) is 0 Å². The van der Waals surface area contributed by atoms with Crippen LogP contribution in [-0.2, 0) is 21.1 Å². The van der Waals surface area contributed by atoms with Crippen molar-refractivity contribution in [3.05, 3.63) is 23.4 Å². The molecule has 1 nitrogen and oxygen atoms in total. The average Bonchev–Trinajstić information content (AvgIpc) is 2.05. The largest absolute Gasteiger partial charge is 2.00 e. The van der Waals surface area contributed by atoms with Crippen LogP contribution in [0.1, 0.15) is 32.6 Å². The molecule has 11 heavy (non-hydrogen) atoms. The molecule has 0 aromatic carbocycles. The Morgan fingerprint density at radius 1 is 1.55 bits per heavy atom. The van der Waals surface area contributed by atoms with Gasteiger partial charge in [-0.2, -0.15) is 0 Å². The minimum absolute atomic E-state index is 0. The third-order valence-electron chi connectivity index (χ3n) is 1.79. The first kappa shape index (κ1) is 11.0. The third kappa shape index (κ3) is 3.24. The maximum Gasteiger partial charge on any atom is 2.00 e. The van der Waals surface area contributed by atoms with E-state index in [1.807, 2.05) is 6.92 Å². The van der Waals surface area contributed by atoms with Gasteiger partial charge in [0.25, 0.3) is 0 Å². The van der Waals surface area contributed by atoms with Crippen molar-refractivity contribution in [2.75, 3.05) is 0 Å². The summed E-state index contributed by atoms with van der Waals surface area (Å²) in [7, 11) is 0. The van der Waals surface area contributed by atoms with Crippen LogP contribution < -0.4 is 5.73 Å². The first-order valence-corrected chi connectivity index (χ1v) is 3.75. The van der Waals surface area contributed by atoms with E-state index in [1.165, 1.54) is 18.4 Å². The second-order valence-electron chi connectivity index (χ2n) is 2.53. The zero-order valence-electron chi connectivity index (χ0n) is 6.81. The predicted molar refractivity (Wildman–Crippen MR) is 41.8 cm³/mol. The molecule has 0 saturated carbocycles. The molecule has 0 spiro atoms. The maximum absolute atomic E-state index is 5.65. The third-order valence-corrected chi connectivity index (χ3v) is 1.79. The summed E-state index contributed by atoms with van der Waals surface area (Å²) in [5.41, 5.74) is 7.62. The second-order valence-corrected chi connectivity index (χ2v) is 2.53. The molecule has 0 aromatic heterocycles. The predicted octanol–water partition coefficient (Wildman–Crippen LogP) is 1.95. The summed E-state index contributed by atoms with van der Waals surface area (Å²) in [6.45, 7) is 1.85. The van der Waals surface area contributed by atoms with Crippen LogP contribution in [0.15, 0.2) is 11.3 Å². The summed E-state index contributed by atoms with van der Waals surface area (Å²) >= 11 is 0. The van der Waals surface area contributed by atoms with E-state index >= 15 is 0 Å². The van der Waals surface area contributed by atoms with Crippen LogP contribution >= 0.6 is 0 Å². The van der Waals surface area contributed by atoms with Gasteiger partial charge in [-0.3, -0.25) is 5.70 Å². The summed E-state index contributed by atoms with van der Waals surface area (Å²) in [4.78, 5) is 0. The van der Waals surface area contributed by atoms with E-state index in [1.54, 1.807) is 0 Å². The number of nitrogens with two attached hydrogens (primary N) is 1. The maximum atomic E-state index is 5.65. The SMILES string of the molecule is C[C-]=C(N)C1=[C-]CCCC1.[W+2]. The Labute approximate surface area is 83.0 Å². The second kappa shape index (κ2) is 5.60. The van der Waals surface area contributed by atoms with Crippen molar-refractivity contribution in [3.63, 3.8) is 0 Å². The quantitative estimate of drug-likeness (QED) is 0.735. The van der Waals surface area contributed by atoms with Gasteiger partial charge in [0.2, 0.25) is 0 Å². The molecular weight excluding hydrogens is 306 g/mol. The Morgan fingerprint density at radius 3 is 2.73 bits per heavy atom. The molecule has 60 valence electrons. The van der Waals surface area contributed by atoms with Crippen LogP contribution in [0.2, 0.25) is 0 Å². The smallest absolute Gasteiger partial charge is 0.509 e. The van der Waals surface area contributed by atoms with Crippen LogP contribution in [0.4, 0.5) is 0 Å². The monoisotopic (exact) mass is 319 g/mol. The molecule has 1 aliphatic carbocycles. The molecular formula is C9H13NW. The molecule has 0 amide bonds. The Morgan fingerprint density at radius 2 is 2.27 bits per heavy atom. The van der Waals surface area contributed by atoms with Crippen molar-refractivity contribution < 1.29 is 21.1 Å². The van der Waals surface area contributed by atoms with Gasteiger partial charge in [-0.15, -0.1) is 19.8 Å². The van der Waals surface area contributed by atoms with Crippen molar-refractivity contribution >= 4 is 0 Å². The molecule has 0 heterocycles. The van der Waals surface area contributed by atoms with Crippen LogP contribution in [-0.4, -0.2) is 0 Å². The van der Waals surface area contributed by atoms with E-state index in [2.05, 4.69) is 12.2 Å². The number of allylic oxidation sites excluding steroid dienone is 3. The van der Waals surface area contributed by atoms with Crippen LogP contribution in [0.3, 0.4) is 0 Å². The van der Waals surface area contributed by atoms with Gasteiger partial charge in [-0.05, 0) is 0 Å². The van der Waals surface area contributed by atoms with Crippen molar-refractivity contribution in [2.24, 2.45) is 5.73 Å². The minimum atomic E-state index is 0. The van der Waals surface area contributed by atoms with Crippen molar-refractivity contribution in [2.45, 2.75) is 32.6 Å². The summed E-state index contributed by atoms with van der Waals surface area (Å²) in [5, 5.41) is 0. The Hall–Kier alpha value is -0.0317. The van der Waals surface area contributed by atoms with E-state index < -0.39 is 0 Å². The molecule has 2 N–H and O–H groups in total. The van der Waals surface area contributed by atoms with E-state index in [0.29, 0.717) is 0 Å². The molecule has 0 saturated heterocycles. The van der Waals surface area contributed by atoms with Gasteiger partial charge in [-0.1, -0.05) is 12.8 Å². The zero-order chi connectivity index (χ0) is 7.40. The van der Waals surface area contributed by atoms with E-state index in [-0.39, 0.29) is 21.1 Å². The first-order chi connectivity index (χ1) is 4.84. The molecule has 1 aliphatic rings. The standard InChI is InChI=1S/C9H13N.W/c1-2-9(10)8-6-4-3-5-7-8;/h3-6,10H2,1H3;/q-2;+2. The zero-order valence-corrected chi connectivity index (χ0v) is 9.75. The fraction of sp³-hybridized carbons (Fsp3) is 0.556. The number of hydrogen-bond acceptors (Lipinski definition) is 1. The molecule has 0 unspecified atom stereocenters. The van der Waals surface area contributed by atoms with Gasteiger partial charge in [0.15, 0.2) is 0 Å². The Kier molecular flexibility index (Phi) is 5.58. The summed E-state index contributed by atoms with van der Waals surface area (Å²) in [6, 6.07) is 0. The molecule has 0 fully saturated rings. The molecule has 1 rings (SSSR count). The van der Waals surface area contributed by atoms with Gasteiger partial charge in [0.05, 0.1) is 0 Å². The van der Waals surface area contributed by atoms with Crippen LogP contribution in [0, 0.1) is 12.2 Å². The van der Waals surface area contributed by atoms with Crippen molar-refractivity contribution in [1.29, 1.82) is 0 Å². The Balaban J connectivity index is 0.000001000. The van der Waals surface area contributed by atoms with E-state index in [4.69, 9.17) is 5.73 Å². The number of hydrogen-bond donors (Lipinski definition) is 1. The Bertz CT molecular complexity index is 170. The fourth-order valence-electron chi connectivity index (χ4n) is 1.14. The summed E-state index contributed by atoms with van der Waals surface area (Å²) in [6.07, 6.45) is 10.9. The van der Waals surface area contributed by atoms with E-state index in [9.17, 15) is 0 Å². The van der Waals surface area contributed by atoms with Crippen LogP contribution in [0.5, 0.6) is 0 Å².